The fourth-order valence-corrected chi connectivity index (χ4v) is 4.14. The number of methoxy groups -OCH3 is 1. The Balaban J connectivity index is 1.53. The maximum absolute atomic E-state index is 12.8. The minimum absolute atomic E-state index is 0.366. The summed E-state index contributed by atoms with van der Waals surface area (Å²) < 4.78 is 13.1. The van der Waals surface area contributed by atoms with Crippen LogP contribution in [0.4, 0.5) is 5.95 Å². The molecule has 4 aromatic rings. The summed E-state index contributed by atoms with van der Waals surface area (Å²) in [5.41, 5.74) is 5.15. The van der Waals surface area contributed by atoms with Crippen molar-refractivity contribution >= 4 is 23.0 Å². The van der Waals surface area contributed by atoms with Crippen molar-refractivity contribution in [3.05, 3.63) is 101 Å². The largest absolute Gasteiger partial charge is 0.489 e. The van der Waals surface area contributed by atoms with Crippen molar-refractivity contribution in [3.63, 3.8) is 0 Å². The van der Waals surface area contributed by atoms with E-state index in [4.69, 9.17) is 14.5 Å². The Labute approximate surface area is 186 Å². The van der Waals surface area contributed by atoms with Crippen LogP contribution in [-0.2, 0) is 16.1 Å². The maximum atomic E-state index is 12.8. The first-order valence-electron chi connectivity index (χ1n) is 10.5. The van der Waals surface area contributed by atoms with Crippen LogP contribution in [-0.4, -0.2) is 22.6 Å². The van der Waals surface area contributed by atoms with Crippen molar-refractivity contribution in [2.75, 3.05) is 12.4 Å². The predicted octanol–water partition coefficient (Wildman–Crippen LogP) is 5.08. The highest BCUT2D eigenvalue weighted by Crippen LogP contribution is 2.39. The van der Waals surface area contributed by atoms with Gasteiger partial charge in [0.1, 0.15) is 12.4 Å². The minimum atomic E-state index is -0.368. The molecule has 1 aromatic heterocycles. The van der Waals surface area contributed by atoms with Crippen LogP contribution >= 0.6 is 0 Å². The lowest BCUT2D eigenvalue weighted by atomic mass is 9.95. The van der Waals surface area contributed by atoms with E-state index in [1.807, 2.05) is 85.8 Å². The number of fused-ring (bicyclic) bond motifs is 3. The molecule has 0 fully saturated rings. The lowest BCUT2D eigenvalue weighted by Gasteiger charge is -2.30. The van der Waals surface area contributed by atoms with Gasteiger partial charge in [-0.2, -0.15) is 0 Å². The predicted molar refractivity (Wildman–Crippen MR) is 123 cm³/mol. The van der Waals surface area contributed by atoms with Crippen LogP contribution in [0.1, 0.15) is 24.1 Å². The third kappa shape index (κ3) is 3.50. The Morgan fingerprint density at radius 3 is 2.47 bits per heavy atom. The normalized spacial score (nSPS) is 15.2. The monoisotopic (exact) mass is 425 g/mol. The van der Waals surface area contributed by atoms with Crippen LogP contribution in [0.25, 0.3) is 11.0 Å². The molecule has 160 valence electrons. The fraction of sp³-hybridized carbons (Fsp3) is 0.154. The van der Waals surface area contributed by atoms with Crippen LogP contribution in [0.3, 0.4) is 0 Å². The van der Waals surface area contributed by atoms with Crippen LogP contribution in [0.5, 0.6) is 5.75 Å². The lowest BCUT2D eigenvalue weighted by Crippen LogP contribution is -2.28. The van der Waals surface area contributed by atoms with Gasteiger partial charge in [-0.05, 0) is 42.3 Å². The second kappa shape index (κ2) is 8.23. The average Bonchev–Trinajstić information content (AvgIpc) is 3.20. The van der Waals surface area contributed by atoms with E-state index in [0.29, 0.717) is 18.1 Å². The number of nitrogens with one attached hydrogen (secondary N) is 1. The number of esters is 1. The van der Waals surface area contributed by atoms with Gasteiger partial charge in [0.25, 0.3) is 0 Å². The summed E-state index contributed by atoms with van der Waals surface area (Å²) in [4.78, 5) is 17.5. The Morgan fingerprint density at radius 1 is 1.00 bits per heavy atom. The second-order valence-electron chi connectivity index (χ2n) is 7.70. The molecule has 6 nitrogen and oxygen atoms in total. The molecular formula is C26H23N3O3. The number of para-hydroxylation sites is 2. The quantitative estimate of drug-likeness (QED) is 0.452. The molecule has 0 radical (unpaired) electrons. The molecule has 0 saturated heterocycles. The molecular weight excluding hydrogens is 402 g/mol. The molecule has 1 atom stereocenters. The number of nitrogens with zero attached hydrogens (tertiary/aromatic N) is 2. The SMILES string of the molecule is COC(=O)C1=C(C)Nc2nc3ccccc3n2[C@@H]1c1ccc(OCc2ccccc2)cc1. The summed E-state index contributed by atoms with van der Waals surface area (Å²) in [6, 6.07) is 25.4. The molecule has 0 spiro atoms. The van der Waals surface area contributed by atoms with Crippen molar-refractivity contribution < 1.29 is 14.3 Å². The summed E-state index contributed by atoms with van der Waals surface area (Å²) >= 11 is 0. The van der Waals surface area contributed by atoms with Crippen molar-refractivity contribution in [1.29, 1.82) is 0 Å². The zero-order valence-electron chi connectivity index (χ0n) is 17.9. The van der Waals surface area contributed by atoms with Gasteiger partial charge in [-0.15, -0.1) is 0 Å². The Hall–Kier alpha value is -4.06. The van der Waals surface area contributed by atoms with Gasteiger partial charge in [0.15, 0.2) is 0 Å². The Kier molecular flexibility index (Phi) is 5.11. The molecule has 1 N–H and O–H groups in total. The molecule has 0 bridgehead atoms. The lowest BCUT2D eigenvalue weighted by molar-refractivity contribution is -0.136. The molecule has 1 aliphatic heterocycles. The second-order valence-corrected chi connectivity index (χ2v) is 7.70. The molecule has 6 heteroatoms. The topological polar surface area (TPSA) is 65.4 Å². The van der Waals surface area contributed by atoms with Crippen molar-refractivity contribution in [1.82, 2.24) is 9.55 Å². The Bertz CT molecular complexity index is 1310. The number of benzene rings is 3. The molecule has 0 aliphatic carbocycles. The smallest absolute Gasteiger partial charge is 0.337 e. The van der Waals surface area contributed by atoms with E-state index in [1.54, 1.807) is 0 Å². The maximum Gasteiger partial charge on any atom is 0.337 e. The van der Waals surface area contributed by atoms with Gasteiger partial charge in [0.2, 0.25) is 5.95 Å². The molecule has 1 aliphatic rings. The zero-order chi connectivity index (χ0) is 22.1. The molecule has 32 heavy (non-hydrogen) atoms. The molecule has 0 unspecified atom stereocenters. The van der Waals surface area contributed by atoms with E-state index < -0.39 is 0 Å². The molecule has 5 rings (SSSR count). The van der Waals surface area contributed by atoms with Crippen LogP contribution in [0.2, 0.25) is 0 Å². The number of carbonyl (C=O) groups is 1. The third-order valence-electron chi connectivity index (χ3n) is 5.68. The van der Waals surface area contributed by atoms with Gasteiger partial charge in [-0.1, -0.05) is 54.6 Å². The number of hydrogen-bond donors (Lipinski definition) is 1. The van der Waals surface area contributed by atoms with Crippen LogP contribution in [0.15, 0.2) is 90.1 Å². The van der Waals surface area contributed by atoms with E-state index in [1.165, 1.54) is 7.11 Å². The highest BCUT2D eigenvalue weighted by molar-refractivity contribution is 5.94. The van der Waals surface area contributed by atoms with E-state index in [2.05, 4.69) is 9.88 Å². The highest BCUT2D eigenvalue weighted by atomic mass is 16.5. The summed E-state index contributed by atoms with van der Waals surface area (Å²) in [6.45, 7) is 2.37. The average molecular weight is 425 g/mol. The van der Waals surface area contributed by atoms with E-state index >= 15 is 0 Å². The summed E-state index contributed by atoms with van der Waals surface area (Å²) in [7, 11) is 1.40. The highest BCUT2D eigenvalue weighted by Gasteiger charge is 2.34. The fourth-order valence-electron chi connectivity index (χ4n) is 4.14. The number of rotatable bonds is 5. The van der Waals surface area contributed by atoms with Crippen LogP contribution in [0, 0.1) is 0 Å². The van der Waals surface area contributed by atoms with E-state index in [-0.39, 0.29) is 12.0 Å². The summed E-state index contributed by atoms with van der Waals surface area (Å²) in [5, 5.41) is 3.27. The molecule has 3 aromatic carbocycles. The number of hydrogen-bond acceptors (Lipinski definition) is 5. The third-order valence-corrected chi connectivity index (χ3v) is 5.68. The molecule has 0 saturated carbocycles. The van der Waals surface area contributed by atoms with E-state index in [0.717, 1.165) is 33.6 Å². The van der Waals surface area contributed by atoms with E-state index in [9.17, 15) is 4.79 Å². The van der Waals surface area contributed by atoms with Crippen molar-refractivity contribution in [3.8, 4) is 5.75 Å². The number of anilines is 1. The number of ether oxygens (including phenoxy) is 2. The van der Waals surface area contributed by atoms with Gasteiger partial charge < -0.3 is 14.8 Å². The first kappa shape index (κ1) is 19.9. The van der Waals surface area contributed by atoms with Gasteiger partial charge in [0.05, 0.1) is 29.8 Å². The first-order chi connectivity index (χ1) is 15.7. The van der Waals surface area contributed by atoms with Crippen LogP contribution < -0.4 is 10.1 Å². The zero-order valence-corrected chi connectivity index (χ0v) is 17.9. The number of imidazole rings is 1. The molecule has 0 amide bonds. The Morgan fingerprint density at radius 2 is 1.72 bits per heavy atom. The number of aromatic nitrogens is 2. The first-order valence-corrected chi connectivity index (χ1v) is 10.5. The summed E-state index contributed by atoms with van der Waals surface area (Å²) in [6.07, 6.45) is 0. The number of carbonyl (C=O) groups excluding carboxylic acids is 1. The van der Waals surface area contributed by atoms with Crippen molar-refractivity contribution in [2.45, 2.75) is 19.6 Å². The number of allylic oxidation sites excluding steroid dienone is 1. The van der Waals surface area contributed by atoms with Gasteiger partial charge in [-0.25, -0.2) is 9.78 Å². The van der Waals surface area contributed by atoms with Gasteiger partial charge >= 0.3 is 5.97 Å². The summed E-state index contributed by atoms with van der Waals surface area (Å²) in [5.74, 6) is 1.10. The van der Waals surface area contributed by atoms with Crippen molar-refractivity contribution in [2.24, 2.45) is 0 Å². The standard InChI is InChI=1S/C26H23N3O3/c1-17-23(25(30)31-2)24(29-22-11-7-6-10-21(22)28-26(29)27-17)19-12-14-20(15-13-19)32-16-18-8-4-3-5-9-18/h3-15,24H,16H2,1-2H3,(H,27,28)/t24-/m1/s1. The molecule has 2 heterocycles. The van der Waals surface area contributed by atoms with Gasteiger partial charge in [0, 0.05) is 5.70 Å². The minimum Gasteiger partial charge on any atom is -0.489 e. The van der Waals surface area contributed by atoms with Gasteiger partial charge in [-0.3, -0.25) is 4.57 Å².